The third kappa shape index (κ3) is 3.25. The molecule has 2 rings (SSSR count). The fraction of sp³-hybridized carbons (Fsp3) is 0.538. The highest BCUT2D eigenvalue weighted by atomic mass is 32.2. The molecule has 0 amide bonds. The van der Waals surface area contributed by atoms with Crippen LogP contribution in [0.2, 0.25) is 0 Å². The zero-order valence-electron chi connectivity index (χ0n) is 9.36. The van der Waals surface area contributed by atoms with Crippen LogP contribution in [0, 0.1) is 5.92 Å². The van der Waals surface area contributed by atoms with Gasteiger partial charge in [-0.15, -0.1) is 0 Å². The number of hydrogen-bond acceptors (Lipinski definition) is 2. The van der Waals surface area contributed by atoms with Crippen molar-refractivity contribution in [1.29, 1.82) is 0 Å². The lowest BCUT2D eigenvalue weighted by Gasteiger charge is -2.30. The fourth-order valence-corrected chi connectivity index (χ4v) is 2.82. The first-order valence-electron chi connectivity index (χ1n) is 5.71. The Labute approximate surface area is 97.0 Å². The molecular formula is C13H19NS. The molecule has 82 valence electrons. The minimum Gasteiger partial charge on any atom is -0.251 e. The minimum absolute atomic E-state index is 0.899. The number of rotatable bonds is 3. The van der Waals surface area contributed by atoms with Gasteiger partial charge in [-0.05, 0) is 37.0 Å². The Hall–Kier alpha value is -0.470. The van der Waals surface area contributed by atoms with Crippen molar-refractivity contribution in [3.8, 4) is 0 Å². The van der Waals surface area contributed by atoms with E-state index in [0.29, 0.717) is 0 Å². The molecule has 0 aliphatic carbocycles. The first kappa shape index (κ1) is 11.0. The van der Waals surface area contributed by atoms with Crippen molar-refractivity contribution in [1.82, 2.24) is 4.31 Å². The van der Waals surface area contributed by atoms with Crippen LogP contribution in [0.15, 0.2) is 30.3 Å². The topological polar surface area (TPSA) is 3.24 Å². The van der Waals surface area contributed by atoms with Crippen molar-refractivity contribution in [2.45, 2.75) is 19.3 Å². The molecule has 0 saturated carbocycles. The van der Waals surface area contributed by atoms with Gasteiger partial charge in [-0.3, -0.25) is 4.31 Å². The first-order valence-corrected chi connectivity index (χ1v) is 6.89. The van der Waals surface area contributed by atoms with Crippen LogP contribution in [-0.4, -0.2) is 23.7 Å². The molecule has 0 spiro atoms. The lowest BCUT2D eigenvalue weighted by atomic mass is 9.91. The van der Waals surface area contributed by atoms with E-state index in [0.717, 1.165) is 5.92 Å². The van der Waals surface area contributed by atoms with Gasteiger partial charge in [0.1, 0.15) is 0 Å². The molecule has 0 radical (unpaired) electrons. The molecule has 0 aromatic heterocycles. The molecule has 1 heterocycles. The molecule has 0 bridgehead atoms. The summed E-state index contributed by atoms with van der Waals surface area (Å²) >= 11 is 1.89. The molecule has 0 N–H and O–H groups in total. The number of hydrogen-bond donors (Lipinski definition) is 0. The van der Waals surface area contributed by atoms with Gasteiger partial charge < -0.3 is 0 Å². The van der Waals surface area contributed by atoms with Crippen LogP contribution < -0.4 is 0 Å². The van der Waals surface area contributed by atoms with Crippen LogP contribution in [-0.2, 0) is 6.42 Å². The summed E-state index contributed by atoms with van der Waals surface area (Å²) in [6.07, 6.45) is 6.16. The van der Waals surface area contributed by atoms with Crippen molar-refractivity contribution in [3.05, 3.63) is 35.9 Å². The lowest BCUT2D eigenvalue weighted by molar-refractivity contribution is 0.291. The van der Waals surface area contributed by atoms with Crippen LogP contribution in [0.5, 0.6) is 0 Å². The highest BCUT2D eigenvalue weighted by Gasteiger charge is 2.18. The van der Waals surface area contributed by atoms with Gasteiger partial charge in [0.15, 0.2) is 0 Å². The van der Waals surface area contributed by atoms with Crippen LogP contribution in [0.25, 0.3) is 0 Å². The molecule has 1 saturated heterocycles. The quantitative estimate of drug-likeness (QED) is 0.721. The molecular weight excluding hydrogens is 202 g/mol. The summed E-state index contributed by atoms with van der Waals surface area (Å²) in [5, 5.41) is 0. The fourth-order valence-electron chi connectivity index (χ4n) is 2.24. The van der Waals surface area contributed by atoms with Crippen molar-refractivity contribution < 1.29 is 0 Å². The van der Waals surface area contributed by atoms with Crippen LogP contribution >= 0.6 is 11.9 Å². The second kappa shape index (κ2) is 5.57. The molecule has 15 heavy (non-hydrogen) atoms. The second-order valence-corrected chi connectivity index (χ2v) is 5.13. The minimum atomic E-state index is 0.899. The van der Waals surface area contributed by atoms with E-state index in [1.165, 1.54) is 37.9 Å². The van der Waals surface area contributed by atoms with E-state index in [1.54, 1.807) is 0 Å². The Bertz CT molecular complexity index is 278. The Morgan fingerprint density at radius 2 is 1.87 bits per heavy atom. The average Bonchev–Trinajstić information content (AvgIpc) is 2.31. The van der Waals surface area contributed by atoms with E-state index < -0.39 is 0 Å². The molecule has 1 aliphatic rings. The summed E-state index contributed by atoms with van der Waals surface area (Å²) in [6.45, 7) is 2.53. The molecule has 1 aromatic carbocycles. The molecule has 1 aromatic rings. The third-order valence-corrected chi connectivity index (χ3v) is 4.08. The summed E-state index contributed by atoms with van der Waals surface area (Å²) in [5.41, 5.74) is 1.50. The van der Waals surface area contributed by atoms with E-state index >= 15 is 0 Å². The van der Waals surface area contributed by atoms with Crippen LogP contribution in [0.3, 0.4) is 0 Å². The normalized spacial score (nSPS) is 19.3. The monoisotopic (exact) mass is 221 g/mol. The Balaban J connectivity index is 1.82. The zero-order chi connectivity index (χ0) is 10.5. The van der Waals surface area contributed by atoms with Gasteiger partial charge in [-0.1, -0.05) is 42.3 Å². The van der Waals surface area contributed by atoms with E-state index in [1.807, 2.05) is 11.9 Å². The predicted octanol–water partition coefficient (Wildman–Crippen LogP) is 3.22. The Morgan fingerprint density at radius 3 is 2.47 bits per heavy atom. The van der Waals surface area contributed by atoms with Crippen molar-refractivity contribution in [2.24, 2.45) is 5.92 Å². The van der Waals surface area contributed by atoms with Gasteiger partial charge in [-0.25, -0.2) is 0 Å². The Morgan fingerprint density at radius 1 is 1.20 bits per heavy atom. The summed E-state index contributed by atoms with van der Waals surface area (Å²) in [4.78, 5) is 0. The Kier molecular flexibility index (Phi) is 4.09. The standard InChI is InChI=1S/C13H19NS/c1-15-14-9-7-13(8-10-14)11-12-5-3-2-4-6-12/h2-6,13H,7-11H2,1H3. The van der Waals surface area contributed by atoms with Gasteiger partial charge in [0.05, 0.1) is 0 Å². The highest BCUT2D eigenvalue weighted by molar-refractivity contribution is 7.96. The largest absolute Gasteiger partial charge is 0.251 e. The molecule has 0 atom stereocenters. The average molecular weight is 221 g/mol. The van der Waals surface area contributed by atoms with Gasteiger partial charge in [-0.2, -0.15) is 0 Å². The second-order valence-electron chi connectivity index (χ2n) is 4.24. The van der Waals surface area contributed by atoms with Gasteiger partial charge in [0.25, 0.3) is 0 Å². The zero-order valence-corrected chi connectivity index (χ0v) is 10.2. The summed E-state index contributed by atoms with van der Waals surface area (Å²) < 4.78 is 2.47. The highest BCUT2D eigenvalue weighted by Crippen LogP contribution is 2.24. The summed E-state index contributed by atoms with van der Waals surface area (Å²) in [6, 6.07) is 10.9. The lowest BCUT2D eigenvalue weighted by Crippen LogP contribution is -2.29. The maximum Gasteiger partial charge on any atom is 0.00919 e. The summed E-state index contributed by atoms with van der Waals surface area (Å²) in [5.74, 6) is 0.899. The van der Waals surface area contributed by atoms with Crippen molar-refractivity contribution in [2.75, 3.05) is 19.3 Å². The molecule has 1 fully saturated rings. The first-order chi connectivity index (χ1) is 7.38. The molecule has 2 heteroatoms. The van der Waals surface area contributed by atoms with Gasteiger partial charge in [0, 0.05) is 13.1 Å². The van der Waals surface area contributed by atoms with Crippen molar-refractivity contribution >= 4 is 11.9 Å². The van der Waals surface area contributed by atoms with E-state index in [4.69, 9.17) is 0 Å². The van der Waals surface area contributed by atoms with Gasteiger partial charge >= 0.3 is 0 Å². The molecule has 1 aliphatic heterocycles. The van der Waals surface area contributed by atoms with E-state index in [9.17, 15) is 0 Å². The van der Waals surface area contributed by atoms with Crippen molar-refractivity contribution in [3.63, 3.8) is 0 Å². The van der Waals surface area contributed by atoms with Crippen LogP contribution in [0.4, 0.5) is 0 Å². The molecule has 1 nitrogen and oxygen atoms in total. The maximum atomic E-state index is 2.47. The predicted molar refractivity (Wildman–Crippen MR) is 68.0 cm³/mol. The SMILES string of the molecule is CSN1CCC(Cc2ccccc2)CC1. The number of benzene rings is 1. The van der Waals surface area contributed by atoms with Gasteiger partial charge in [0.2, 0.25) is 0 Å². The van der Waals surface area contributed by atoms with E-state index in [2.05, 4.69) is 40.9 Å². The smallest absolute Gasteiger partial charge is 0.00919 e. The van der Waals surface area contributed by atoms with E-state index in [-0.39, 0.29) is 0 Å². The van der Waals surface area contributed by atoms with Crippen LogP contribution in [0.1, 0.15) is 18.4 Å². The third-order valence-electron chi connectivity index (χ3n) is 3.20. The number of nitrogens with zero attached hydrogens (tertiary/aromatic N) is 1. The maximum absolute atomic E-state index is 2.47. The molecule has 0 unspecified atom stereocenters. The number of piperidine rings is 1. The summed E-state index contributed by atoms with van der Waals surface area (Å²) in [7, 11) is 0.